The summed E-state index contributed by atoms with van der Waals surface area (Å²) in [6.07, 6.45) is -5.18. The lowest BCUT2D eigenvalue weighted by atomic mass is 10.0. The molecule has 0 aliphatic rings. The molecule has 21 heavy (non-hydrogen) atoms. The fourth-order valence-corrected chi connectivity index (χ4v) is 1.69. The maximum absolute atomic E-state index is 12.5. The number of nitrogens with one attached hydrogen (secondary N) is 1. The first-order valence-corrected chi connectivity index (χ1v) is 6.77. The van der Waals surface area contributed by atoms with Crippen LogP contribution in [0.1, 0.15) is 31.1 Å². The van der Waals surface area contributed by atoms with Crippen LogP contribution in [0.2, 0.25) is 0 Å². The molecule has 0 amide bonds. The van der Waals surface area contributed by atoms with Gasteiger partial charge in [0, 0.05) is 18.6 Å². The van der Waals surface area contributed by atoms with Crippen molar-refractivity contribution in [2.45, 2.75) is 31.7 Å². The van der Waals surface area contributed by atoms with Crippen LogP contribution in [0.4, 0.5) is 13.2 Å². The van der Waals surface area contributed by atoms with E-state index in [1.807, 2.05) is 14.1 Å². The third kappa shape index (κ3) is 5.30. The van der Waals surface area contributed by atoms with Gasteiger partial charge in [0.15, 0.2) is 0 Å². The van der Waals surface area contributed by atoms with Crippen LogP contribution in [0, 0.1) is 0 Å². The summed E-state index contributed by atoms with van der Waals surface area (Å²) < 4.78 is 37.4. The molecule has 6 heteroatoms. The minimum Gasteiger partial charge on any atom is -0.387 e. The SMILES string of the molecule is CN(C)C(C)(C)CNCC(O)c1ccc(C(F)(F)F)cc1. The second kappa shape index (κ2) is 6.77. The molecule has 1 atom stereocenters. The highest BCUT2D eigenvalue weighted by molar-refractivity contribution is 5.26. The summed E-state index contributed by atoms with van der Waals surface area (Å²) in [5.74, 6) is 0. The molecule has 0 bridgehead atoms. The van der Waals surface area contributed by atoms with Crippen molar-refractivity contribution in [3.05, 3.63) is 35.4 Å². The highest BCUT2D eigenvalue weighted by Crippen LogP contribution is 2.29. The van der Waals surface area contributed by atoms with Gasteiger partial charge in [-0.05, 0) is 45.6 Å². The van der Waals surface area contributed by atoms with Crippen LogP contribution in [0.15, 0.2) is 24.3 Å². The zero-order chi connectivity index (χ0) is 16.3. The average molecular weight is 304 g/mol. The topological polar surface area (TPSA) is 35.5 Å². The molecule has 0 spiro atoms. The Kier molecular flexibility index (Phi) is 5.78. The van der Waals surface area contributed by atoms with Crippen molar-refractivity contribution in [1.29, 1.82) is 0 Å². The minimum absolute atomic E-state index is 0.0696. The van der Waals surface area contributed by atoms with E-state index in [9.17, 15) is 18.3 Å². The van der Waals surface area contributed by atoms with Gasteiger partial charge in [0.05, 0.1) is 11.7 Å². The van der Waals surface area contributed by atoms with E-state index >= 15 is 0 Å². The molecule has 120 valence electrons. The predicted octanol–water partition coefficient (Wildman–Crippen LogP) is 2.67. The number of hydrogen-bond acceptors (Lipinski definition) is 3. The van der Waals surface area contributed by atoms with Crippen molar-refractivity contribution < 1.29 is 18.3 Å². The first-order chi connectivity index (χ1) is 9.54. The van der Waals surface area contributed by atoms with Gasteiger partial charge < -0.3 is 15.3 Å². The van der Waals surface area contributed by atoms with E-state index in [2.05, 4.69) is 24.1 Å². The van der Waals surface area contributed by atoms with E-state index in [4.69, 9.17) is 0 Å². The largest absolute Gasteiger partial charge is 0.416 e. The summed E-state index contributed by atoms with van der Waals surface area (Å²) >= 11 is 0. The van der Waals surface area contributed by atoms with Gasteiger partial charge in [-0.2, -0.15) is 13.2 Å². The van der Waals surface area contributed by atoms with Gasteiger partial charge in [0.2, 0.25) is 0 Å². The molecule has 1 rings (SSSR count). The Labute approximate surface area is 123 Å². The monoisotopic (exact) mass is 304 g/mol. The number of nitrogens with zero attached hydrogens (tertiary/aromatic N) is 1. The van der Waals surface area contributed by atoms with Crippen LogP contribution >= 0.6 is 0 Å². The summed E-state index contributed by atoms with van der Waals surface area (Å²) in [6, 6.07) is 4.60. The van der Waals surface area contributed by atoms with Crippen molar-refractivity contribution >= 4 is 0 Å². The number of benzene rings is 1. The number of hydrogen-bond donors (Lipinski definition) is 2. The highest BCUT2D eigenvalue weighted by Gasteiger charge is 2.30. The van der Waals surface area contributed by atoms with Gasteiger partial charge in [0.1, 0.15) is 0 Å². The second-order valence-corrected chi connectivity index (χ2v) is 5.97. The number of alkyl halides is 3. The van der Waals surface area contributed by atoms with E-state index in [0.29, 0.717) is 18.7 Å². The maximum atomic E-state index is 12.5. The van der Waals surface area contributed by atoms with Crippen molar-refractivity contribution in [2.24, 2.45) is 0 Å². The molecule has 0 fully saturated rings. The first-order valence-electron chi connectivity index (χ1n) is 6.77. The molecule has 3 nitrogen and oxygen atoms in total. The van der Waals surface area contributed by atoms with Crippen LogP contribution < -0.4 is 5.32 Å². The Balaban J connectivity index is 2.55. The normalized spacial score (nSPS) is 14.5. The summed E-state index contributed by atoms with van der Waals surface area (Å²) in [4.78, 5) is 2.06. The smallest absolute Gasteiger partial charge is 0.387 e. The van der Waals surface area contributed by atoms with Crippen LogP contribution in [0.5, 0.6) is 0 Å². The lowest BCUT2D eigenvalue weighted by Gasteiger charge is -2.33. The fraction of sp³-hybridized carbons (Fsp3) is 0.600. The van der Waals surface area contributed by atoms with E-state index in [-0.39, 0.29) is 5.54 Å². The zero-order valence-electron chi connectivity index (χ0n) is 12.8. The molecule has 2 N–H and O–H groups in total. The number of rotatable bonds is 6. The lowest BCUT2D eigenvalue weighted by molar-refractivity contribution is -0.137. The average Bonchev–Trinajstić information content (AvgIpc) is 2.37. The van der Waals surface area contributed by atoms with Gasteiger partial charge in [-0.25, -0.2) is 0 Å². The number of aliphatic hydroxyl groups is 1. The van der Waals surface area contributed by atoms with Gasteiger partial charge >= 0.3 is 6.18 Å². The minimum atomic E-state index is -4.35. The van der Waals surface area contributed by atoms with Gasteiger partial charge in [-0.15, -0.1) is 0 Å². The molecule has 0 aromatic heterocycles. The number of aliphatic hydroxyl groups excluding tert-OH is 1. The molecule has 1 aromatic carbocycles. The Morgan fingerprint density at radius 3 is 2.10 bits per heavy atom. The zero-order valence-corrected chi connectivity index (χ0v) is 12.8. The Bertz CT molecular complexity index is 441. The number of likely N-dealkylation sites (N-methyl/N-ethyl adjacent to an activating group) is 1. The van der Waals surface area contributed by atoms with Crippen LogP contribution in [0.3, 0.4) is 0 Å². The third-order valence-corrected chi connectivity index (χ3v) is 3.73. The quantitative estimate of drug-likeness (QED) is 0.848. The van der Waals surface area contributed by atoms with Gasteiger partial charge in [-0.3, -0.25) is 0 Å². The predicted molar refractivity (Wildman–Crippen MR) is 77.0 cm³/mol. The Morgan fingerprint density at radius 1 is 1.14 bits per heavy atom. The molecular weight excluding hydrogens is 281 g/mol. The van der Waals surface area contributed by atoms with Crippen LogP contribution in [-0.4, -0.2) is 42.7 Å². The molecule has 0 saturated carbocycles. The van der Waals surface area contributed by atoms with E-state index in [1.54, 1.807) is 0 Å². The van der Waals surface area contributed by atoms with E-state index < -0.39 is 17.8 Å². The second-order valence-electron chi connectivity index (χ2n) is 5.97. The first kappa shape index (κ1) is 17.9. The molecule has 0 aliphatic carbocycles. The van der Waals surface area contributed by atoms with Crippen molar-refractivity contribution in [3.8, 4) is 0 Å². The highest BCUT2D eigenvalue weighted by atomic mass is 19.4. The van der Waals surface area contributed by atoms with Crippen molar-refractivity contribution in [2.75, 3.05) is 27.2 Å². The standard InChI is InChI=1S/C15H23F3N2O/c1-14(2,20(3)4)10-19-9-13(21)11-5-7-12(8-6-11)15(16,17)18/h5-8,13,19,21H,9-10H2,1-4H3. The van der Waals surface area contributed by atoms with Gasteiger partial charge in [-0.1, -0.05) is 12.1 Å². The molecule has 0 heterocycles. The van der Waals surface area contributed by atoms with Crippen LogP contribution in [0.25, 0.3) is 0 Å². The van der Waals surface area contributed by atoms with Crippen LogP contribution in [-0.2, 0) is 6.18 Å². The van der Waals surface area contributed by atoms with Crippen molar-refractivity contribution in [1.82, 2.24) is 10.2 Å². The third-order valence-electron chi connectivity index (χ3n) is 3.73. The molecule has 0 radical (unpaired) electrons. The molecule has 1 unspecified atom stereocenters. The van der Waals surface area contributed by atoms with E-state index in [1.165, 1.54) is 12.1 Å². The Morgan fingerprint density at radius 2 is 1.67 bits per heavy atom. The Hall–Kier alpha value is -1.11. The number of halogens is 3. The summed E-state index contributed by atoms with van der Waals surface area (Å²) in [5.41, 5.74) is -0.307. The summed E-state index contributed by atoms with van der Waals surface area (Å²) in [5, 5.41) is 13.1. The summed E-state index contributed by atoms with van der Waals surface area (Å²) in [7, 11) is 3.93. The lowest BCUT2D eigenvalue weighted by Crippen LogP contribution is -2.47. The fourth-order valence-electron chi connectivity index (χ4n) is 1.69. The van der Waals surface area contributed by atoms with Gasteiger partial charge in [0.25, 0.3) is 0 Å². The summed E-state index contributed by atoms with van der Waals surface area (Å²) in [6.45, 7) is 5.08. The van der Waals surface area contributed by atoms with E-state index in [0.717, 1.165) is 12.1 Å². The molecule has 1 aromatic rings. The molecule has 0 saturated heterocycles. The maximum Gasteiger partial charge on any atom is 0.416 e. The molecule has 0 aliphatic heterocycles. The van der Waals surface area contributed by atoms with Crippen molar-refractivity contribution in [3.63, 3.8) is 0 Å². The molecular formula is C15H23F3N2O.